The van der Waals surface area contributed by atoms with Crippen LogP contribution in [0.2, 0.25) is 0 Å². The molecule has 1 aliphatic rings. The van der Waals surface area contributed by atoms with Gasteiger partial charge in [-0.25, -0.2) is 4.68 Å². The predicted molar refractivity (Wildman–Crippen MR) is 111 cm³/mol. The molecular weight excluding hydrogens is 366 g/mol. The molecule has 1 amide bonds. The molecule has 2 aromatic carbocycles. The highest BCUT2D eigenvalue weighted by Gasteiger charge is 2.27. The first kappa shape index (κ1) is 18.9. The first-order valence-electron chi connectivity index (χ1n) is 9.88. The number of aromatic nitrogens is 2. The second-order valence-electron chi connectivity index (χ2n) is 7.24. The van der Waals surface area contributed by atoms with Crippen molar-refractivity contribution in [3.05, 3.63) is 76.6 Å². The highest BCUT2D eigenvalue weighted by Crippen LogP contribution is 2.29. The van der Waals surface area contributed by atoms with E-state index in [1.165, 1.54) is 5.56 Å². The van der Waals surface area contributed by atoms with Crippen LogP contribution >= 0.6 is 0 Å². The molecule has 0 saturated carbocycles. The molecule has 0 fully saturated rings. The van der Waals surface area contributed by atoms with Crippen molar-refractivity contribution in [2.75, 3.05) is 5.32 Å². The van der Waals surface area contributed by atoms with Crippen LogP contribution in [-0.2, 0) is 30.5 Å². The van der Waals surface area contributed by atoms with Gasteiger partial charge in [-0.3, -0.25) is 9.59 Å². The molecule has 6 heteroatoms. The van der Waals surface area contributed by atoms with Crippen molar-refractivity contribution in [2.24, 2.45) is 0 Å². The number of carbonyl (C=O) groups excluding carboxylic acids is 1. The van der Waals surface area contributed by atoms with E-state index in [1.54, 1.807) is 24.3 Å². The molecule has 0 saturated heterocycles. The summed E-state index contributed by atoms with van der Waals surface area (Å²) in [6, 6.07) is 15.2. The van der Waals surface area contributed by atoms with E-state index in [1.807, 2.05) is 16.8 Å². The van der Waals surface area contributed by atoms with Crippen LogP contribution in [0.4, 0.5) is 5.69 Å². The van der Waals surface area contributed by atoms with Crippen LogP contribution in [0.3, 0.4) is 0 Å². The molecule has 1 aromatic heterocycles. The number of nitrogens with one attached hydrogen (secondary N) is 1. The molecule has 0 bridgehead atoms. The standard InChI is InChI=1S/C23H23N3O3/c1-2-15-10-12-17(13-11-15)26-20-9-5-7-18(20)22(25-26)23(29)24-19-8-4-3-6-16(19)14-21(27)28/h3-4,6,8,10-13H,2,5,7,9,14H2,1H3,(H,24,29)(H,27,28). The molecular formula is C23H23N3O3. The Hall–Kier alpha value is -3.41. The third kappa shape index (κ3) is 3.78. The number of carboxylic acids is 1. The lowest BCUT2D eigenvalue weighted by atomic mass is 10.1. The summed E-state index contributed by atoms with van der Waals surface area (Å²) in [4.78, 5) is 24.1. The number of anilines is 1. The highest BCUT2D eigenvalue weighted by atomic mass is 16.4. The Morgan fingerprint density at radius 3 is 2.59 bits per heavy atom. The summed E-state index contributed by atoms with van der Waals surface area (Å²) in [6.45, 7) is 2.12. The molecule has 0 spiro atoms. The monoisotopic (exact) mass is 389 g/mol. The SMILES string of the molecule is CCc1ccc(-n2nc(C(=O)Nc3ccccc3CC(=O)O)c3c2CCC3)cc1. The summed E-state index contributed by atoms with van der Waals surface area (Å²) in [7, 11) is 0. The van der Waals surface area contributed by atoms with Crippen LogP contribution in [-0.4, -0.2) is 26.8 Å². The Balaban J connectivity index is 1.66. The first-order chi connectivity index (χ1) is 14.1. The van der Waals surface area contributed by atoms with Gasteiger partial charge in [-0.2, -0.15) is 5.10 Å². The number of amides is 1. The van der Waals surface area contributed by atoms with Crippen molar-refractivity contribution in [3.8, 4) is 5.69 Å². The highest BCUT2D eigenvalue weighted by molar-refractivity contribution is 6.04. The normalized spacial score (nSPS) is 12.6. The van der Waals surface area contributed by atoms with Crippen molar-refractivity contribution in [2.45, 2.75) is 39.0 Å². The van der Waals surface area contributed by atoms with Gasteiger partial charge in [-0.15, -0.1) is 0 Å². The van der Waals surface area contributed by atoms with E-state index < -0.39 is 5.97 Å². The largest absolute Gasteiger partial charge is 0.481 e. The lowest BCUT2D eigenvalue weighted by Crippen LogP contribution is -2.16. The molecule has 0 radical (unpaired) electrons. The van der Waals surface area contributed by atoms with E-state index >= 15 is 0 Å². The minimum Gasteiger partial charge on any atom is -0.481 e. The fraction of sp³-hybridized carbons (Fsp3) is 0.261. The van der Waals surface area contributed by atoms with Gasteiger partial charge in [0.2, 0.25) is 0 Å². The smallest absolute Gasteiger partial charge is 0.307 e. The van der Waals surface area contributed by atoms with E-state index in [-0.39, 0.29) is 12.3 Å². The summed E-state index contributed by atoms with van der Waals surface area (Å²) >= 11 is 0. The Kier molecular flexibility index (Phi) is 5.16. The van der Waals surface area contributed by atoms with Gasteiger partial charge in [0.15, 0.2) is 5.69 Å². The summed E-state index contributed by atoms with van der Waals surface area (Å²) in [5, 5.41) is 16.6. The Morgan fingerprint density at radius 1 is 1.10 bits per heavy atom. The van der Waals surface area contributed by atoms with Crippen LogP contribution in [0.5, 0.6) is 0 Å². The summed E-state index contributed by atoms with van der Waals surface area (Å²) in [5.41, 5.74) is 5.77. The van der Waals surface area contributed by atoms with Crippen molar-refractivity contribution >= 4 is 17.6 Å². The molecule has 1 heterocycles. The summed E-state index contributed by atoms with van der Waals surface area (Å²) in [5.74, 6) is -1.24. The Labute approximate surface area is 169 Å². The van der Waals surface area contributed by atoms with E-state index in [9.17, 15) is 9.59 Å². The molecule has 3 aromatic rings. The number of carbonyl (C=O) groups is 2. The second-order valence-corrected chi connectivity index (χ2v) is 7.24. The van der Waals surface area contributed by atoms with Crippen molar-refractivity contribution < 1.29 is 14.7 Å². The van der Waals surface area contributed by atoms with Gasteiger partial charge < -0.3 is 10.4 Å². The lowest BCUT2D eigenvalue weighted by Gasteiger charge is -2.09. The fourth-order valence-corrected chi connectivity index (χ4v) is 3.85. The third-order valence-corrected chi connectivity index (χ3v) is 5.34. The molecule has 1 aliphatic carbocycles. The number of aliphatic carboxylic acids is 1. The number of hydrogen-bond donors (Lipinski definition) is 2. The molecule has 29 heavy (non-hydrogen) atoms. The molecule has 148 valence electrons. The van der Waals surface area contributed by atoms with Gasteiger partial charge >= 0.3 is 5.97 Å². The van der Waals surface area contributed by atoms with E-state index in [4.69, 9.17) is 5.11 Å². The van der Waals surface area contributed by atoms with Crippen LogP contribution in [0.15, 0.2) is 48.5 Å². The van der Waals surface area contributed by atoms with Crippen molar-refractivity contribution in [1.82, 2.24) is 9.78 Å². The quantitative estimate of drug-likeness (QED) is 0.672. The summed E-state index contributed by atoms with van der Waals surface area (Å²) in [6.07, 6.45) is 3.53. The number of nitrogens with zero attached hydrogens (tertiary/aromatic N) is 2. The zero-order chi connectivity index (χ0) is 20.4. The van der Waals surface area contributed by atoms with Crippen molar-refractivity contribution in [1.29, 1.82) is 0 Å². The maximum absolute atomic E-state index is 13.0. The van der Waals surface area contributed by atoms with Crippen LogP contribution in [0.25, 0.3) is 5.69 Å². The average Bonchev–Trinajstić information content (AvgIpc) is 3.32. The molecule has 4 rings (SSSR count). The number of aryl methyl sites for hydroxylation is 1. The average molecular weight is 389 g/mol. The minimum atomic E-state index is -0.938. The van der Waals surface area contributed by atoms with Crippen LogP contribution in [0.1, 0.15) is 46.2 Å². The van der Waals surface area contributed by atoms with Gasteiger partial charge in [-0.05, 0) is 55.0 Å². The topological polar surface area (TPSA) is 84.2 Å². The molecule has 0 atom stereocenters. The minimum absolute atomic E-state index is 0.146. The molecule has 6 nitrogen and oxygen atoms in total. The van der Waals surface area contributed by atoms with Crippen LogP contribution in [0, 0.1) is 0 Å². The number of fused-ring (bicyclic) bond motifs is 1. The van der Waals surface area contributed by atoms with E-state index in [0.29, 0.717) is 16.9 Å². The molecule has 0 aliphatic heterocycles. The Bertz CT molecular complexity index is 1070. The van der Waals surface area contributed by atoms with Crippen molar-refractivity contribution in [3.63, 3.8) is 0 Å². The van der Waals surface area contributed by atoms with Crippen LogP contribution < -0.4 is 5.32 Å². The van der Waals surface area contributed by atoms with Gasteiger partial charge in [0, 0.05) is 16.9 Å². The number of benzene rings is 2. The maximum atomic E-state index is 13.0. The second kappa shape index (κ2) is 7.91. The number of rotatable bonds is 6. The third-order valence-electron chi connectivity index (χ3n) is 5.34. The van der Waals surface area contributed by atoms with E-state index in [2.05, 4.69) is 29.5 Å². The zero-order valence-corrected chi connectivity index (χ0v) is 16.3. The lowest BCUT2D eigenvalue weighted by molar-refractivity contribution is -0.136. The summed E-state index contributed by atoms with van der Waals surface area (Å²) < 4.78 is 1.87. The Morgan fingerprint density at radius 2 is 1.86 bits per heavy atom. The van der Waals surface area contributed by atoms with Gasteiger partial charge in [0.1, 0.15) is 0 Å². The fourth-order valence-electron chi connectivity index (χ4n) is 3.85. The number of para-hydroxylation sites is 1. The number of hydrogen-bond acceptors (Lipinski definition) is 3. The molecule has 0 unspecified atom stereocenters. The van der Waals surface area contributed by atoms with E-state index in [0.717, 1.165) is 42.6 Å². The molecule has 2 N–H and O–H groups in total. The maximum Gasteiger partial charge on any atom is 0.307 e. The zero-order valence-electron chi connectivity index (χ0n) is 16.3. The predicted octanol–water partition coefficient (Wildman–Crippen LogP) is 3.80. The number of carboxylic acid groups (broad SMARTS) is 1. The van der Waals surface area contributed by atoms with Gasteiger partial charge in [-0.1, -0.05) is 37.3 Å². The first-order valence-corrected chi connectivity index (χ1v) is 9.88. The van der Waals surface area contributed by atoms with Gasteiger partial charge in [0.25, 0.3) is 5.91 Å². The van der Waals surface area contributed by atoms with Gasteiger partial charge in [0.05, 0.1) is 12.1 Å².